The molecule has 0 aliphatic carbocycles. The van der Waals surface area contributed by atoms with Gasteiger partial charge in [0, 0.05) is 0 Å². The molecule has 0 N–H and O–H groups in total. The summed E-state index contributed by atoms with van der Waals surface area (Å²) in [5.74, 6) is 0. The summed E-state index contributed by atoms with van der Waals surface area (Å²) >= 11 is 0. The van der Waals surface area contributed by atoms with E-state index in [1.54, 1.807) is 0 Å². The van der Waals surface area contributed by atoms with Gasteiger partial charge in [-0.25, -0.2) is 0 Å². The minimum atomic E-state index is 0.380. The molecule has 0 rings (SSSR count). The van der Waals surface area contributed by atoms with Crippen LogP contribution in [0.4, 0.5) is 0 Å². The van der Waals surface area contributed by atoms with Gasteiger partial charge in [0.25, 0.3) is 0 Å². The van der Waals surface area contributed by atoms with E-state index in [1.807, 2.05) is 0 Å². The minimum absolute atomic E-state index is 0.380. The quantitative estimate of drug-likeness (QED) is 0.382. The van der Waals surface area contributed by atoms with Gasteiger partial charge in [-0.2, -0.15) is 0 Å². The molecule has 0 saturated carbocycles. The maximum absolute atomic E-state index is 2.23. The van der Waals surface area contributed by atoms with E-state index in [4.69, 9.17) is 0 Å². The number of rotatable bonds is 0. The highest BCUT2D eigenvalue weighted by molar-refractivity contribution is 7.55. The van der Waals surface area contributed by atoms with Crippen molar-refractivity contribution in [3.63, 3.8) is 0 Å². The number of hydrogen-bond donors (Lipinski definition) is 0. The van der Waals surface area contributed by atoms with Gasteiger partial charge in [0.05, 0.1) is 20.0 Å². The second-order valence-corrected chi connectivity index (χ2v) is 4.02. The van der Waals surface area contributed by atoms with Gasteiger partial charge in [-0.3, -0.25) is 0 Å². The Hall–Kier alpha value is 0.430. The van der Waals surface area contributed by atoms with E-state index in [9.17, 15) is 0 Å². The van der Waals surface area contributed by atoms with Gasteiger partial charge >= 0.3 is 0 Å². The van der Waals surface area contributed by atoms with E-state index in [1.165, 1.54) is 0 Å². The van der Waals surface area contributed by atoms with Crippen molar-refractivity contribution in [3.05, 3.63) is 0 Å². The maximum atomic E-state index is 2.23. The van der Waals surface area contributed by atoms with E-state index < -0.39 is 0 Å². The molecule has 0 fully saturated rings. The molecule has 0 amide bonds. The molecule has 0 aliphatic heterocycles. The lowest BCUT2D eigenvalue weighted by Gasteiger charge is -1.63. The first-order chi connectivity index (χ1) is 1.73. The van der Waals surface area contributed by atoms with E-state index >= 15 is 0 Å². The summed E-state index contributed by atoms with van der Waals surface area (Å²) in [7, 11) is 0.380. The predicted molar refractivity (Wildman–Crippen MR) is 24.7 cm³/mol. The van der Waals surface area contributed by atoms with Crippen LogP contribution >= 0.6 is 7.92 Å². The average Bonchev–Trinajstić information content (AvgIpc) is 0.811. The Morgan fingerprint density at radius 3 is 1.00 bits per heavy atom. The summed E-state index contributed by atoms with van der Waals surface area (Å²) in [5, 5.41) is 0. The first-order valence-electron chi connectivity index (χ1n) is 1.34. The van der Waals surface area contributed by atoms with E-state index in [-0.39, 0.29) is 0 Å². The molecule has 1 heteroatoms. The molecular formula is C3H9P+. The van der Waals surface area contributed by atoms with Crippen molar-refractivity contribution in [2.24, 2.45) is 0 Å². The molecule has 0 aromatic carbocycles. The van der Waals surface area contributed by atoms with Crippen LogP contribution in [0.15, 0.2) is 0 Å². The van der Waals surface area contributed by atoms with Crippen molar-refractivity contribution in [1.82, 2.24) is 0 Å². The third-order valence-electron chi connectivity index (χ3n) is 0. The minimum Gasteiger partial charge on any atom is 0.0795 e. The Labute approximate surface area is 29.0 Å². The largest absolute Gasteiger partial charge is 0.125 e. The Kier molecular flexibility index (Phi) is 1.91. The highest BCUT2D eigenvalue weighted by atomic mass is 31.1. The van der Waals surface area contributed by atoms with Crippen LogP contribution in [0.2, 0.25) is 0 Å². The van der Waals surface area contributed by atoms with Crippen LogP contribution in [0.25, 0.3) is 0 Å². The summed E-state index contributed by atoms with van der Waals surface area (Å²) in [6.45, 7) is 6.69. The monoisotopic (exact) mass is 76.0 g/mol. The van der Waals surface area contributed by atoms with Crippen molar-refractivity contribution in [3.8, 4) is 0 Å². The van der Waals surface area contributed by atoms with Crippen LogP contribution in [-0.4, -0.2) is 20.0 Å². The van der Waals surface area contributed by atoms with Gasteiger partial charge in [-0.15, -0.1) is 0 Å². The van der Waals surface area contributed by atoms with Crippen molar-refractivity contribution in [1.29, 1.82) is 0 Å². The molecule has 0 saturated heterocycles. The molecule has 0 aromatic heterocycles. The van der Waals surface area contributed by atoms with E-state index in [0.717, 1.165) is 0 Å². The second kappa shape index (κ2) is 1.72. The summed E-state index contributed by atoms with van der Waals surface area (Å²) in [6, 6.07) is 0. The van der Waals surface area contributed by atoms with Crippen LogP contribution in [-0.2, 0) is 0 Å². The van der Waals surface area contributed by atoms with E-state index in [0.29, 0.717) is 7.92 Å². The molecule has 1 radical (unpaired) electrons. The zero-order valence-electron chi connectivity index (χ0n) is 3.45. The number of hydrogen-bond acceptors (Lipinski definition) is 0. The van der Waals surface area contributed by atoms with Crippen molar-refractivity contribution < 1.29 is 0 Å². The lowest BCUT2D eigenvalue weighted by molar-refractivity contribution is 2.13. The lowest BCUT2D eigenvalue weighted by atomic mass is 11.9. The molecule has 0 aromatic rings. The van der Waals surface area contributed by atoms with Crippen LogP contribution in [0.5, 0.6) is 0 Å². The standard InChI is InChI=1S/C3H9P/c1-4(2)3/h1-3H3/q+1. The van der Waals surface area contributed by atoms with Crippen molar-refractivity contribution >= 4 is 7.92 Å². The van der Waals surface area contributed by atoms with Gasteiger partial charge in [0.2, 0.25) is 0 Å². The summed E-state index contributed by atoms with van der Waals surface area (Å²) in [5.41, 5.74) is 0. The Bertz CT molecular complexity index is 8.00. The van der Waals surface area contributed by atoms with Crippen LogP contribution in [0.3, 0.4) is 0 Å². The van der Waals surface area contributed by atoms with Crippen LogP contribution in [0.1, 0.15) is 0 Å². The molecule has 0 nitrogen and oxygen atoms in total. The lowest BCUT2D eigenvalue weighted by Crippen LogP contribution is -1.48. The van der Waals surface area contributed by atoms with Gasteiger partial charge in [-0.1, -0.05) is 0 Å². The second-order valence-electron chi connectivity index (χ2n) is 1.34. The van der Waals surface area contributed by atoms with E-state index in [2.05, 4.69) is 20.0 Å². The Morgan fingerprint density at radius 1 is 1.00 bits per heavy atom. The molecular weight excluding hydrogens is 67.0 g/mol. The molecule has 0 aliphatic rings. The highest BCUT2D eigenvalue weighted by Crippen LogP contribution is 2.14. The van der Waals surface area contributed by atoms with Gasteiger partial charge in [0.1, 0.15) is 7.92 Å². The Balaban J connectivity index is 2.32. The predicted octanol–water partition coefficient (Wildman–Crippen LogP) is 1.36. The molecule has 25 valence electrons. The average molecular weight is 76.1 g/mol. The normalized spacial score (nSPS) is 9.00. The molecule has 0 spiro atoms. The fourth-order valence-electron chi connectivity index (χ4n) is 0. The fraction of sp³-hybridized carbons (Fsp3) is 1.00. The first kappa shape index (κ1) is 4.43. The molecule has 0 atom stereocenters. The molecule has 4 heavy (non-hydrogen) atoms. The topological polar surface area (TPSA) is 0 Å². The third kappa shape index (κ3) is 26.9. The molecule has 0 bridgehead atoms. The molecule has 0 heterocycles. The summed E-state index contributed by atoms with van der Waals surface area (Å²) in [4.78, 5) is 0. The zero-order valence-corrected chi connectivity index (χ0v) is 4.34. The van der Waals surface area contributed by atoms with Gasteiger partial charge < -0.3 is 0 Å². The SMILES string of the molecule is C[P+](C)C. The van der Waals surface area contributed by atoms with Crippen LogP contribution in [0, 0.1) is 0 Å². The first-order valence-corrected chi connectivity index (χ1v) is 4.02. The van der Waals surface area contributed by atoms with Crippen molar-refractivity contribution in [2.45, 2.75) is 0 Å². The van der Waals surface area contributed by atoms with Crippen molar-refractivity contribution in [2.75, 3.05) is 20.0 Å². The summed E-state index contributed by atoms with van der Waals surface area (Å²) in [6.07, 6.45) is 0. The zero-order chi connectivity index (χ0) is 3.58. The third-order valence-corrected chi connectivity index (χ3v) is 0. The van der Waals surface area contributed by atoms with Gasteiger partial charge in [-0.05, 0) is 0 Å². The smallest absolute Gasteiger partial charge is 0.0795 e. The molecule has 0 unspecified atom stereocenters. The Morgan fingerprint density at radius 2 is 1.00 bits per heavy atom. The fourth-order valence-corrected chi connectivity index (χ4v) is 0. The van der Waals surface area contributed by atoms with Crippen LogP contribution < -0.4 is 0 Å². The highest BCUT2D eigenvalue weighted by Gasteiger charge is 1.84. The maximum Gasteiger partial charge on any atom is 0.125 e. The summed E-state index contributed by atoms with van der Waals surface area (Å²) < 4.78 is 0. The van der Waals surface area contributed by atoms with Gasteiger partial charge in [0.15, 0.2) is 0 Å².